The Morgan fingerprint density at radius 1 is 1.11 bits per heavy atom. The molecular weight excluding hydrogens is 458 g/mol. The molecule has 0 spiro atoms. The number of aliphatic carboxylic acids is 1. The highest BCUT2D eigenvalue weighted by atomic mass is 16.5. The van der Waals surface area contributed by atoms with Gasteiger partial charge in [0.1, 0.15) is 0 Å². The average molecular weight is 488 g/mol. The third-order valence-electron chi connectivity index (χ3n) is 6.14. The first-order valence-corrected chi connectivity index (χ1v) is 11.8. The zero-order valence-corrected chi connectivity index (χ0v) is 20.4. The fourth-order valence-corrected chi connectivity index (χ4v) is 4.46. The van der Waals surface area contributed by atoms with Crippen molar-refractivity contribution >= 4 is 23.0 Å². The number of nitrogens with one attached hydrogen (secondary N) is 1. The first-order valence-electron chi connectivity index (χ1n) is 11.8. The van der Waals surface area contributed by atoms with Crippen LogP contribution in [0.4, 0.5) is 0 Å². The van der Waals surface area contributed by atoms with E-state index in [1.54, 1.807) is 7.11 Å². The van der Waals surface area contributed by atoms with Crippen LogP contribution in [-0.4, -0.2) is 47.4 Å². The highest BCUT2D eigenvalue weighted by Gasteiger charge is 2.35. The Morgan fingerprint density at radius 2 is 1.89 bits per heavy atom. The SMILES string of the molecule is COCC1(C)CC(c2nc(-c3cccc(CC(=O)NCCC(=O)O)c3)no2)=CC=C1c1ccccc1. The van der Waals surface area contributed by atoms with E-state index in [1.807, 2.05) is 48.5 Å². The van der Waals surface area contributed by atoms with E-state index in [-0.39, 0.29) is 30.7 Å². The number of hydrogen-bond acceptors (Lipinski definition) is 6. The van der Waals surface area contributed by atoms with Crippen LogP contribution >= 0.6 is 0 Å². The van der Waals surface area contributed by atoms with Gasteiger partial charge in [-0.05, 0) is 29.2 Å². The second-order valence-electron chi connectivity index (χ2n) is 9.10. The van der Waals surface area contributed by atoms with Crippen molar-refractivity contribution < 1.29 is 24.0 Å². The minimum absolute atomic E-state index is 0.0968. The third kappa shape index (κ3) is 5.95. The quantitative estimate of drug-likeness (QED) is 0.436. The van der Waals surface area contributed by atoms with Crippen molar-refractivity contribution in [1.82, 2.24) is 15.5 Å². The first kappa shape index (κ1) is 25.1. The van der Waals surface area contributed by atoms with Gasteiger partial charge in [-0.1, -0.05) is 72.8 Å². The zero-order chi connectivity index (χ0) is 25.5. The lowest BCUT2D eigenvalue weighted by Crippen LogP contribution is -2.27. The normalized spacial score (nSPS) is 17.3. The minimum Gasteiger partial charge on any atom is -0.481 e. The fraction of sp³-hybridized carbons (Fsp3) is 0.286. The lowest BCUT2D eigenvalue weighted by Gasteiger charge is -2.34. The molecule has 0 aliphatic heterocycles. The van der Waals surface area contributed by atoms with E-state index in [4.69, 9.17) is 14.4 Å². The summed E-state index contributed by atoms with van der Waals surface area (Å²) >= 11 is 0. The number of nitrogens with zero attached hydrogens (tertiary/aromatic N) is 2. The predicted octanol–water partition coefficient (Wildman–Crippen LogP) is 4.39. The van der Waals surface area contributed by atoms with Gasteiger partial charge in [-0.2, -0.15) is 4.98 Å². The number of aromatic nitrogens is 2. The number of methoxy groups -OCH3 is 1. The summed E-state index contributed by atoms with van der Waals surface area (Å²) in [6, 6.07) is 17.6. The average Bonchev–Trinajstić information content (AvgIpc) is 3.35. The van der Waals surface area contributed by atoms with E-state index in [0.717, 1.165) is 22.3 Å². The molecule has 3 aromatic rings. The first-order chi connectivity index (χ1) is 17.4. The Balaban J connectivity index is 1.52. The monoisotopic (exact) mass is 487 g/mol. The van der Waals surface area contributed by atoms with Crippen molar-refractivity contribution in [2.45, 2.75) is 26.2 Å². The van der Waals surface area contributed by atoms with Crippen LogP contribution in [0.25, 0.3) is 22.5 Å². The van der Waals surface area contributed by atoms with Crippen molar-refractivity contribution in [2.24, 2.45) is 5.41 Å². The maximum atomic E-state index is 12.1. The van der Waals surface area contributed by atoms with Crippen molar-refractivity contribution in [1.29, 1.82) is 0 Å². The number of rotatable bonds is 10. The summed E-state index contributed by atoms with van der Waals surface area (Å²) in [4.78, 5) is 27.4. The number of carboxylic acids is 1. The largest absolute Gasteiger partial charge is 0.481 e. The van der Waals surface area contributed by atoms with Crippen molar-refractivity contribution in [3.8, 4) is 11.4 Å². The number of benzene rings is 2. The van der Waals surface area contributed by atoms with E-state index < -0.39 is 5.97 Å². The third-order valence-corrected chi connectivity index (χ3v) is 6.14. The summed E-state index contributed by atoms with van der Waals surface area (Å²) in [6.45, 7) is 2.81. The smallest absolute Gasteiger partial charge is 0.305 e. The van der Waals surface area contributed by atoms with E-state index >= 15 is 0 Å². The molecule has 0 radical (unpaired) electrons. The molecule has 2 aromatic carbocycles. The van der Waals surface area contributed by atoms with Gasteiger partial charge in [0, 0.05) is 30.2 Å². The molecule has 8 nitrogen and oxygen atoms in total. The van der Waals surface area contributed by atoms with Gasteiger partial charge in [-0.25, -0.2) is 0 Å². The van der Waals surface area contributed by atoms with Gasteiger partial charge in [0.2, 0.25) is 11.7 Å². The maximum absolute atomic E-state index is 12.1. The summed E-state index contributed by atoms with van der Waals surface area (Å²) in [5, 5.41) is 15.5. The molecule has 36 heavy (non-hydrogen) atoms. The molecule has 2 N–H and O–H groups in total. The van der Waals surface area contributed by atoms with E-state index in [9.17, 15) is 9.59 Å². The summed E-state index contributed by atoms with van der Waals surface area (Å²) in [6.07, 6.45) is 4.82. The van der Waals surface area contributed by atoms with Crippen LogP contribution in [-0.2, 0) is 20.7 Å². The Kier molecular flexibility index (Phi) is 7.75. The Morgan fingerprint density at radius 3 is 2.64 bits per heavy atom. The Hall–Kier alpha value is -4.04. The molecular formula is C28H29N3O5. The lowest BCUT2D eigenvalue weighted by molar-refractivity contribution is -0.136. The van der Waals surface area contributed by atoms with Crippen molar-refractivity contribution in [3.63, 3.8) is 0 Å². The topological polar surface area (TPSA) is 115 Å². The predicted molar refractivity (Wildman–Crippen MR) is 136 cm³/mol. The van der Waals surface area contributed by atoms with Gasteiger partial charge < -0.3 is 19.7 Å². The summed E-state index contributed by atoms with van der Waals surface area (Å²) in [5.74, 6) is -0.307. The molecule has 1 aromatic heterocycles. The van der Waals surface area contributed by atoms with Crippen LogP contribution in [0.1, 0.15) is 36.8 Å². The molecule has 186 valence electrons. The molecule has 1 heterocycles. The van der Waals surface area contributed by atoms with Crippen LogP contribution in [0.5, 0.6) is 0 Å². The van der Waals surface area contributed by atoms with Crippen molar-refractivity contribution in [2.75, 3.05) is 20.3 Å². The Bertz CT molecular complexity index is 1300. The standard InChI is InChI=1S/C28H29N3O5/c1-28(18-35-2)17-22(11-12-23(28)20-8-4-3-5-9-20)27-30-26(31-36-27)21-10-6-7-19(15-21)16-24(32)29-14-13-25(33)34/h3-12,15H,13-14,16-18H2,1-2H3,(H,29,32)(H,33,34). The van der Waals surface area contributed by atoms with Crippen LogP contribution < -0.4 is 5.32 Å². The van der Waals surface area contributed by atoms with Crippen LogP contribution in [0.3, 0.4) is 0 Å². The van der Waals surface area contributed by atoms with Crippen LogP contribution in [0.15, 0.2) is 71.3 Å². The van der Waals surface area contributed by atoms with E-state index in [1.165, 1.54) is 5.57 Å². The molecule has 1 unspecified atom stereocenters. The summed E-state index contributed by atoms with van der Waals surface area (Å²) in [7, 11) is 1.70. The van der Waals surface area contributed by atoms with Gasteiger partial charge in [0.05, 0.1) is 19.4 Å². The van der Waals surface area contributed by atoms with Gasteiger partial charge in [-0.3, -0.25) is 9.59 Å². The molecule has 1 aliphatic rings. The second kappa shape index (κ2) is 11.1. The molecule has 4 rings (SSSR count). The summed E-state index contributed by atoms with van der Waals surface area (Å²) in [5.41, 5.74) is 4.53. The van der Waals surface area contributed by atoms with Gasteiger partial charge in [-0.15, -0.1) is 0 Å². The maximum Gasteiger partial charge on any atom is 0.305 e. The van der Waals surface area contributed by atoms with Gasteiger partial charge in [0.15, 0.2) is 0 Å². The molecule has 8 heteroatoms. The number of ether oxygens (including phenoxy) is 1. The molecule has 0 saturated heterocycles. The number of carboxylic acid groups (broad SMARTS) is 1. The minimum atomic E-state index is -0.951. The summed E-state index contributed by atoms with van der Waals surface area (Å²) < 4.78 is 11.2. The lowest BCUT2D eigenvalue weighted by atomic mass is 9.71. The number of carbonyl (C=O) groups excluding carboxylic acids is 1. The molecule has 0 bridgehead atoms. The number of allylic oxidation sites excluding steroid dienone is 3. The number of carbonyl (C=O) groups is 2. The van der Waals surface area contributed by atoms with E-state index in [2.05, 4.69) is 40.6 Å². The molecule has 0 fully saturated rings. The van der Waals surface area contributed by atoms with Gasteiger partial charge >= 0.3 is 5.97 Å². The number of hydrogen-bond donors (Lipinski definition) is 2. The van der Waals surface area contributed by atoms with Crippen LogP contribution in [0, 0.1) is 5.41 Å². The fourth-order valence-electron chi connectivity index (χ4n) is 4.46. The van der Waals surface area contributed by atoms with Crippen LogP contribution in [0.2, 0.25) is 0 Å². The number of amides is 1. The van der Waals surface area contributed by atoms with E-state index in [0.29, 0.717) is 24.7 Å². The van der Waals surface area contributed by atoms with Crippen molar-refractivity contribution in [3.05, 3.63) is 83.8 Å². The second-order valence-corrected chi connectivity index (χ2v) is 9.10. The highest BCUT2D eigenvalue weighted by Crippen LogP contribution is 2.45. The molecule has 1 aliphatic carbocycles. The van der Waals surface area contributed by atoms with Gasteiger partial charge in [0.25, 0.3) is 5.89 Å². The zero-order valence-electron chi connectivity index (χ0n) is 20.4. The molecule has 1 atom stereocenters. The highest BCUT2D eigenvalue weighted by molar-refractivity contribution is 5.81. The molecule has 1 amide bonds. The molecule has 0 saturated carbocycles. The Labute approximate surface area is 209 Å².